The van der Waals surface area contributed by atoms with E-state index in [4.69, 9.17) is 19.8 Å². The van der Waals surface area contributed by atoms with E-state index in [1.54, 1.807) is 18.0 Å². The maximum Gasteiger partial charge on any atom is 0.229 e. The molecule has 3 fully saturated rings. The normalized spacial score (nSPS) is 18.6. The largest absolute Gasteiger partial charge is 0.481 e. The van der Waals surface area contributed by atoms with Crippen molar-refractivity contribution in [3.8, 4) is 17.1 Å². The number of fused-ring (bicyclic) bond motifs is 3. The molecular weight excluding hydrogens is 508 g/mol. The summed E-state index contributed by atoms with van der Waals surface area (Å²) in [6, 6.07) is 11.2. The number of pyridine rings is 2. The summed E-state index contributed by atoms with van der Waals surface area (Å²) in [6.45, 7) is 3.28. The highest BCUT2D eigenvalue weighted by molar-refractivity contribution is 5.91. The molecule has 5 aromatic heterocycles. The van der Waals surface area contributed by atoms with Gasteiger partial charge >= 0.3 is 0 Å². The van der Waals surface area contributed by atoms with Crippen molar-refractivity contribution < 1.29 is 9.84 Å². The minimum atomic E-state index is 0.0254. The molecule has 8 heterocycles. The number of ether oxygens (including phenoxy) is 1. The fraction of sp³-hybridized carbons (Fsp3) is 0.321. The highest BCUT2D eigenvalue weighted by Crippen LogP contribution is 2.36. The highest BCUT2D eigenvalue weighted by atomic mass is 16.5. The average Bonchev–Trinajstić information content (AvgIpc) is 3.65. The maximum absolute atomic E-state index is 9.15. The number of aromatic amines is 1. The summed E-state index contributed by atoms with van der Waals surface area (Å²) in [5.41, 5.74) is 4.42. The topological polar surface area (TPSA) is 133 Å². The van der Waals surface area contributed by atoms with Gasteiger partial charge < -0.3 is 25.0 Å². The Kier molecular flexibility index (Phi) is 6.25. The minimum absolute atomic E-state index is 0.0254. The van der Waals surface area contributed by atoms with Gasteiger partial charge in [0.1, 0.15) is 11.5 Å². The van der Waals surface area contributed by atoms with Crippen LogP contribution in [-0.2, 0) is 13.1 Å². The van der Waals surface area contributed by atoms with E-state index in [9.17, 15) is 0 Å². The van der Waals surface area contributed by atoms with Gasteiger partial charge in [0.2, 0.25) is 11.8 Å². The Morgan fingerprint density at radius 3 is 2.70 bits per heavy atom. The van der Waals surface area contributed by atoms with Crippen LogP contribution in [0, 0.1) is 0 Å². The van der Waals surface area contributed by atoms with Crippen molar-refractivity contribution >= 4 is 28.5 Å². The maximum atomic E-state index is 9.15. The molecule has 3 N–H and O–H groups in total. The monoisotopic (exact) mass is 538 g/mol. The highest BCUT2D eigenvalue weighted by Gasteiger charge is 2.44. The first-order valence-corrected chi connectivity index (χ1v) is 13.4. The first-order valence-electron chi connectivity index (χ1n) is 13.4. The van der Waals surface area contributed by atoms with Gasteiger partial charge in [0.05, 0.1) is 37.8 Å². The Balaban J connectivity index is 1.06. The van der Waals surface area contributed by atoms with Gasteiger partial charge in [0.15, 0.2) is 0 Å². The second-order valence-electron chi connectivity index (χ2n) is 10.2. The molecule has 204 valence electrons. The summed E-state index contributed by atoms with van der Waals surface area (Å²) in [5.74, 6) is 2.09. The third-order valence-electron chi connectivity index (χ3n) is 7.70. The lowest BCUT2D eigenvalue weighted by molar-refractivity contribution is -0.00876. The lowest BCUT2D eigenvalue weighted by Gasteiger charge is -2.56. The van der Waals surface area contributed by atoms with Crippen molar-refractivity contribution in [2.75, 3.05) is 37.0 Å². The Morgan fingerprint density at radius 1 is 1.05 bits per heavy atom. The molecule has 2 atom stereocenters. The predicted molar refractivity (Wildman–Crippen MR) is 150 cm³/mol. The van der Waals surface area contributed by atoms with Crippen molar-refractivity contribution in [2.24, 2.45) is 0 Å². The fourth-order valence-corrected chi connectivity index (χ4v) is 5.68. The van der Waals surface area contributed by atoms with Crippen LogP contribution < -0.4 is 15.0 Å². The van der Waals surface area contributed by atoms with Gasteiger partial charge in [0.25, 0.3) is 0 Å². The number of H-pyrrole nitrogens is 1. The smallest absolute Gasteiger partial charge is 0.229 e. The fourth-order valence-electron chi connectivity index (χ4n) is 5.68. The first-order chi connectivity index (χ1) is 19.7. The standard InChI is InChI=1S/C28H30N10O2/c1-40-25-5-2-18(11-31-25)14-38-21-10-22(38)17-36(16-21)24-4-3-19(12-30-24)26-23-6-7-29-27(23)35-28(34-26)33-20-13-32-37(15-20)8-9-39/h2-7,11-13,15,21-22,39H,8-10,14,16-17H2,1H3,(H2,29,33,34,35). The van der Waals surface area contributed by atoms with Gasteiger partial charge in [-0.25, -0.2) is 15.0 Å². The summed E-state index contributed by atoms with van der Waals surface area (Å²) < 4.78 is 6.85. The summed E-state index contributed by atoms with van der Waals surface area (Å²) >= 11 is 0. The quantitative estimate of drug-likeness (QED) is 0.257. The lowest BCUT2D eigenvalue weighted by Crippen LogP contribution is -2.68. The molecule has 40 heavy (non-hydrogen) atoms. The second kappa shape index (κ2) is 10.2. The van der Waals surface area contributed by atoms with Crippen LogP contribution in [0.2, 0.25) is 0 Å². The number of hydrogen-bond donors (Lipinski definition) is 3. The van der Waals surface area contributed by atoms with Crippen LogP contribution in [0.3, 0.4) is 0 Å². The zero-order valence-corrected chi connectivity index (χ0v) is 22.1. The van der Waals surface area contributed by atoms with E-state index < -0.39 is 0 Å². The van der Waals surface area contributed by atoms with Gasteiger partial charge in [0, 0.05) is 73.5 Å². The van der Waals surface area contributed by atoms with Crippen molar-refractivity contribution in [1.29, 1.82) is 0 Å². The van der Waals surface area contributed by atoms with Gasteiger partial charge in [-0.15, -0.1) is 0 Å². The Hall–Kier alpha value is -4.55. The molecular formula is C28H30N10O2. The first kappa shape index (κ1) is 24.5. The van der Waals surface area contributed by atoms with Crippen LogP contribution in [0.15, 0.2) is 61.3 Å². The minimum Gasteiger partial charge on any atom is -0.481 e. The molecule has 0 saturated carbocycles. The van der Waals surface area contributed by atoms with E-state index >= 15 is 0 Å². The SMILES string of the molecule is COc1ccc(CN2C3CC2CN(c2ccc(-c4nc(Nc5cnn(CCO)c5)nc5[nH]ccc45)cn2)C3)cn1. The Morgan fingerprint density at radius 2 is 1.95 bits per heavy atom. The number of nitrogens with one attached hydrogen (secondary N) is 2. The molecule has 0 aromatic carbocycles. The van der Waals surface area contributed by atoms with Crippen molar-refractivity contribution in [3.63, 3.8) is 0 Å². The van der Waals surface area contributed by atoms with Crippen molar-refractivity contribution in [1.82, 2.24) is 39.6 Å². The van der Waals surface area contributed by atoms with Gasteiger partial charge in [-0.3, -0.25) is 9.58 Å². The average molecular weight is 539 g/mol. The summed E-state index contributed by atoms with van der Waals surface area (Å²) in [5, 5.41) is 17.5. The molecule has 0 radical (unpaired) electrons. The molecule has 0 amide bonds. The molecule has 3 aliphatic rings. The zero-order valence-electron chi connectivity index (χ0n) is 22.1. The summed E-state index contributed by atoms with van der Waals surface area (Å²) in [7, 11) is 1.64. The number of piperazine rings is 1. The number of aliphatic hydroxyl groups excluding tert-OH is 1. The molecule has 3 saturated heterocycles. The molecule has 0 spiro atoms. The number of piperidine rings is 1. The van der Waals surface area contributed by atoms with E-state index in [1.165, 1.54) is 12.0 Å². The number of aromatic nitrogens is 7. The Labute approximate surface area is 230 Å². The van der Waals surface area contributed by atoms with Gasteiger partial charge in [-0.05, 0) is 30.2 Å². The lowest BCUT2D eigenvalue weighted by atomic mass is 9.87. The van der Waals surface area contributed by atoms with Crippen LogP contribution in [0.4, 0.5) is 17.5 Å². The van der Waals surface area contributed by atoms with Crippen molar-refractivity contribution in [3.05, 3.63) is 66.9 Å². The van der Waals surface area contributed by atoms with Crippen LogP contribution in [-0.4, -0.2) is 83.6 Å². The van der Waals surface area contributed by atoms with Crippen LogP contribution in [0.25, 0.3) is 22.3 Å². The van der Waals surface area contributed by atoms with Crippen LogP contribution >= 0.6 is 0 Å². The number of nitrogens with zero attached hydrogens (tertiary/aromatic N) is 8. The third-order valence-corrected chi connectivity index (χ3v) is 7.70. The van der Waals surface area contributed by atoms with E-state index in [2.05, 4.69) is 53.4 Å². The number of rotatable bonds is 9. The van der Waals surface area contributed by atoms with E-state index in [1.807, 2.05) is 36.9 Å². The molecule has 5 aromatic rings. The summed E-state index contributed by atoms with van der Waals surface area (Å²) in [6.07, 6.45) is 10.4. The van der Waals surface area contributed by atoms with Crippen LogP contribution in [0.5, 0.6) is 5.88 Å². The third kappa shape index (κ3) is 4.61. The predicted octanol–water partition coefficient (Wildman–Crippen LogP) is 2.82. The van der Waals surface area contributed by atoms with Crippen LogP contribution in [0.1, 0.15) is 12.0 Å². The van der Waals surface area contributed by atoms with Gasteiger partial charge in [-0.2, -0.15) is 10.1 Å². The van der Waals surface area contributed by atoms with E-state index in [0.717, 1.165) is 53.4 Å². The number of hydrogen-bond acceptors (Lipinski definition) is 10. The number of anilines is 3. The second-order valence-corrected chi connectivity index (χ2v) is 10.2. The van der Waals surface area contributed by atoms with E-state index in [0.29, 0.717) is 30.5 Å². The van der Waals surface area contributed by atoms with E-state index in [-0.39, 0.29) is 6.61 Å². The van der Waals surface area contributed by atoms with Crippen molar-refractivity contribution in [2.45, 2.75) is 31.6 Å². The van der Waals surface area contributed by atoms with Gasteiger partial charge in [-0.1, -0.05) is 6.07 Å². The molecule has 12 nitrogen and oxygen atoms in total. The molecule has 0 aliphatic carbocycles. The summed E-state index contributed by atoms with van der Waals surface area (Å²) in [4.78, 5) is 26.8. The molecule has 12 heteroatoms. The number of methoxy groups -OCH3 is 1. The molecule has 2 unspecified atom stereocenters. The molecule has 2 bridgehead atoms. The Bertz CT molecular complexity index is 1600. The molecule has 3 aliphatic heterocycles. The molecule has 8 rings (SSSR count). The number of aliphatic hydroxyl groups is 1. The zero-order chi connectivity index (χ0) is 27.1.